The van der Waals surface area contributed by atoms with Gasteiger partial charge < -0.3 is 15.0 Å². The van der Waals surface area contributed by atoms with Crippen LogP contribution in [0.5, 0.6) is 5.75 Å². The van der Waals surface area contributed by atoms with E-state index in [1.165, 1.54) is 4.88 Å². The number of carbonyl (C=O) groups is 1. The van der Waals surface area contributed by atoms with Crippen molar-refractivity contribution in [1.29, 1.82) is 0 Å². The molecule has 2 heterocycles. The van der Waals surface area contributed by atoms with Gasteiger partial charge in [0, 0.05) is 34.8 Å². The molecule has 1 amide bonds. The number of likely N-dealkylation sites (N-methyl/N-ethyl adjacent to an activating group) is 1. The van der Waals surface area contributed by atoms with Crippen LogP contribution in [-0.2, 0) is 0 Å². The van der Waals surface area contributed by atoms with Gasteiger partial charge in [0.1, 0.15) is 12.4 Å². The molecule has 0 radical (unpaired) electrons. The molecule has 0 aliphatic heterocycles. The second-order valence-electron chi connectivity index (χ2n) is 9.95. The predicted octanol–water partition coefficient (Wildman–Crippen LogP) is 6.60. The third kappa shape index (κ3) is 6.67. The smallest absolute Gasteiger partial charge is 0.252 e. The van der Waals surface area contributed by atoms with Crippen LogP contribution in [0.1, 0.15) is 54.3 Å². The minimum absolute atomic E-state index is 0.112. The molecule has 1 atom stereocenters. The fourth-order valence-corrected chi connectivity index (χ4v) is 4.78. The molecule has 2 aromatic heterocycles. The molecule has 0 saturated heterocycles. The molecule has 0 bridgehead atoms. The van der Waals surface area contributed by atoms with E-state index in [0.717, 1.165) is 34.4 Å². The van der Waals surface area contributed by atoms with Crippen LogP contribution in [0.4, 0.5) is 0 Å². The minimum Gasteiger partial charge on any atom is -0.492 e. The highest BCUT2D eigenvalue weighted by Crippen LogP contribution is 2.33. The van der Waals surface area contributed by atoms with Crippen LogP contribution in [0.3, 0.4) is 0 Å². The Kier molecular flexibility index (Phi) is 8.46. The van der Waals surface area contributed by atoms with E-state index in [1.807, 2.05) is 57.0 Å². The minimum atomic E-state index is -0.191. The molecule has 6 nitrogen and oxygen atoms in total. The monoisotopic (exact) mass is 516 g/mol. The summed E-state index contributed by atoms with van der Waals surface area (Å²) in [5.74, 6) is 0.591. The third-order valence-corrected chi connectivity index (χ3v) is 7.25. The Labute approximate surface area is 223 Å². The molecule has 2 aromatic carbocycles. The third-order valence-electron chi connectivity index (χ3n) is 6.33. The quantitative estimate of drug-likeness (QED) is 0.258. The first-order valence-corrected chi connectivity index (χ1v) is 13.5. The number of nitrogens with zero attached hydrogens (tertiary/aromatic N) is 3. The van der Waals surface area contributed by atoms with Crippen molar-refractivity contribution in [2.24, 2.45) is 0 Å². The number of amides is 1. The van der Waals surface area contributed by atoms with E-state index in [-0.39, 0.29) is 18.0 Å². The first-order valence-electron chi connectivity index (χ1n) is 12.6. The number of ether oxygens (including phenoxy) is 1. The summed E-state index contributed by atoms with van der Waals surface area (Å²) in [6.07, 6.45) is 3.99. The van der Waals surface area contributed by atoms with Crippen molar-refractivity contribution in [3.05, 3.63) is 83.0 Å². The van der Waals surface area contributed by atoms with Crippen LogP contribution in [0, 0.1) is 6.92 Å². The van der Waals surface area contributed by atoms with Crippen LogP contribution in [0.2, 0.25) is 0 Å². The van der Waals surface area contributed by atoms with E-state index >= 15 is 0 Å². The molecule has 0 aliphatic rings. The van der Waals surface area contributed by atoms with Crippen LogP contribution in [-0.4, -0.2) is 47.8 Å². The molecular formula is C30H36N4O2S. The Bertz CT molecular complexity index is 1340. The molecule has 194 valence electrons. The Balaban J connectivity index is 1.59. The molecule has 0 saturated carbocycles. The normalized spacial score (nSPS) is 12.2. The van der Waals surface area contributed by atoms with Gasteiger partial charge in [0.05, 0.1) is 12.2 Å². The molecule has 0 spiro atoms. The van der Waals surface area contributed by atoms with E-state index in [4.69, 9.17) is 4.74 Å². The lowest BCUT2D eigenvalue weighted by molar-refractivity contribution is 0.0938. The summed E-state index contributed by atoms with van der Waals surface area (Å²) >= 11 is 1.71. The maximum absolute atomic E-state index is 13.3. The zero-order valence-electron chi connectivity index (χ0n) is 22.5. The van der Waals surface area contributed by atoms with Crippen LogP contribution in [0.15, 0.2) is 66.3 Å². The number of aromatic nitrogens is 2. The fourth-order valence-electron chi connectivity index (χ4n) is 4.06. The molecule has 37 heavy (non-hydrogen) atoms. The Morgan fingerprint density at radius 1 is 1.08 bits per heavy atom. The van der Waals surface area contributed by atoms with Crippen molar-refractivity contribution >= 4 is 17.2 Å². The summed E-state index contributed by atoms with van der Waals surface area (Å²) in [4.78, 5) is 16.6. The Morgan fingerprint density at radius 3 is 2.54 bits per heavy atom. The predicted molar refractivity (Wildman–Crippen MR) is 152 cm³/mol. The Hall–Kier alpha value is -3.42. The maximum Gasteiger partial charge on any atom is 0.252 e. The molecule has 0 aliphatic carbocycles. The summed E-state index contributed by atoms with van der Waals surface area (Å²) in [5, 5.41) is 9.82. The summed E-state index contributed by atoms with van der Waals surface area (Å²) < 4.78 is 7.83. The zero-order valence-corrected chi connectivity index (χ0v) is 23.3. The Morgan fingerprint density at radius 2 is 1.86 bits per heavy atom. The molecule has 1 N–H and O–H groups in total. The summed E-state index contributed by atoms with van der Waals surface area (Å²) in [7, 11) is 4.02. The van der Waals surface area contributed by atoms with Gasteiger partial charge in [0.25, 0.3) is 5.91 Å². The van der Waals surface area contributed by atoms with Crippen LogP contribution >= 0.6 is 11.3 Å². The number of nitrogens with one attached hydrogen (secondary N) is 1. The number of benzene rings is 2. The van der Waals surface area contributed by atoms with E-state index in [2.05, 4.69) is 71.1 Å². The van der Waals surface area contributed by atoms with E-state index in [1.54, 1.807) is 11.3 Å². The summed E-state index contributed by atoms with van der Waals surface area (Å²) in [5.41, 5.74) is 5.86. The van der Waals surface area contributed by atoms with Gasteiger partial charge in [-0.25, -0.2) is 0 Å². The van der Waals surface area contributed by atoms with E-state index < -0.39 is 0 Å². The first-order chi connectivity index (χ1) is 17.7. The van der Waals surface area contributed by atoms with Gasteiger partial charge in [-0.3, -0.25) is 9.48 Å². The molecule has 7 heteroatoms. The van der Waals surface area contributed by atoms with Crippen molar-refractivity contribution in [2.75, 3.05) is 27.2 Å². The number of carbonyl (C=O) groups excluding carboxylic acids is 1. The number of hydrogen-bond acceptors (Lipinski definition) is 5. The lowest BCUT2D eigenvalue weighted by Gasteiger charge is -2.18. The highest BCUT2D eigenvalue weighted by molar-refractivity contribution is 7.13. The lowest BCUT2D eigenvalue weighted by atomic mass is 9.97. The van der Waals surface area contributed by atoms with Crippen LogP contribution < -0.4 is 10.1 Å². The summed E-state index contributed by atoms with van der Waals surface area (Å²) in [6, 6.07) is 16.5. The van der Waals surface area contributed by atoms with E-state index in [0.29, 0.717) is 17.9 Å². The van der Waals surface area contributed by atoms with E-state index in [9.17, 15) is 4.79 Å². The first kappa shape index (κ1) is 26.6. The SMILES string of the molecule is Cc1ccc(OCCN(C)C)cc1C(=O)N[C@H](C)c1cc(-c2cnn(C(C)C)c2)cc(-c2cccs2)c1. The standard InChI is InChI=1S/C30H36N4O2S/c1-20(2)34-19-26(18-31-34)24-14-23(15-25(16-24)29-8-7-13-37-29)22(4)32-30(35)28-17-27(10-9-21(28)3)36-12-11-33(5)6/h7-10,13-20,22H,11-12H2,1-6H3,(H,32,35)/t22-/m1/s1. The highest BCUT2D eigenvalue weighted by Gasteiger charge is 2.17. The van der Waals surface area contributed by atoms with Gasteiger partial charge in [0.15, 0.2) is 0 Å². The van der Waals surface area contributed by atoms with Gasteiger partial charge in [-0.1, -0.05) is 12.1 Å². The number of aryl methyl sites for hydroxylation is 1. The molecule has 4 rings (SSSR count). The van der Waals surface area contributed by atoms with Crippen molar-refractivity contribution in [3.8, 4) is 27.3 Å². The number of thiophene rings is 1. The lowest BCUT2D eigenvalue weighted by Crippen LogP contribution is -2.27. The van der Waals surface area contributed by atoms with Crippen molar-refractivity contribution in [1.82, 2.24) is 20.0 Å². The van der Waals surface area contributed by atoms with Gasteiger partial charge in [-0.15, -0.1) is 11.3 Å². The maximum atomic E-state index is 13.3. The summed E-state index contributed by atoms with van der Waals surface area (Å²) in [6.45, 7) is 9.59. The van der Waals surface area contributed by atoms with Crippen molar-refractivity contribution in [3.63, 3.8) is 0 Å². The zero-order chi connectivity index (χ0) is 26.5. The molecular weight excluding hydrogens is 480 g/mol. The molecule has 4 aromatic rings. The molecule has 0 unspecified atom stereocenters. The van der Waals surface area contributed by atoms with Crippen molar-refractivity contribution in [2.45, 2.75) is 39.8 Å². The van der Waals surface area contributed by atoms with Crippen LogP contribution in [0.25, 0.3) is 21.6 Å². The average molecular weight is 517 g/mol. The average Bonchev–Trinajstić information content (AvgIpc) is 3.57. The van der Waals surface area contributed by atoms with Gasteiger partial charge >= 0.3 is 0 Å². The molecule has 0 fully saturated rings. The second kappa shape index (κ2) is 11.8. The highest BCUT2D eigenvalue weighted by atomic mass is 32.1. The number of hydrogen-bond donors (Lipinski definition) is 1. The van der Waals surface area contributed by atoms with Gasteiger partial charge in [0.2, 0.25) is 0 Å². The second-order valence-corrected chi connectivity index (χ2v) is 10.9. The van der Waals surface area contributed by atoms with Gasteiger partial charge in [-0.2, -0.15) is 5.10 Å². The van der Waals surface area contributed by atoms with Crippen molar-refractivity contribution < 1.29 is 9.53 Å². The fraction of sp³-hybridized carbons (Fsp3) is 0.333. The number of rotatable bonds is 10. The largest absolute Gasteiger partial charge is 0.492 e. The van der Waals surface area contributed by atoms with Gasteiger partial charge in [-0.05, 0) is 106 Å². The topological polar surface area (TPSA) is 59.4 Å².